The summed E-state index contributed by atoms with van der Waals surface area (Å²) in [7, 11) is -3.48. The maximum absolute atomic E-state index is 12.6. The lowest BCUT2D eigenvalue weighted by Gasteiger charge is -2.23. The molecule has 1 atom stereocenters. The number of sulfonamides is 1. The van der Waals surface area contributed by atoms with E-state index in [0.717, 1.165) is 12.8 Å². The molecular weight excluding hydrogens is 272 g/mol. The van der Waals surface area contributed by atoms with Crippen molar-refractivity contribution in [2.45, 2.75) is 30.7 Å². The van der Waals surface area contributed by atoms with E-state index in [1.54, 1.807) is 19.1 Å². The van der Waals surface area contributed by atoms with Crippen molar-refractivity contribution in [1.82, 2.24) is 4.31 Å². The molecule has 0 bridgehead atoms. The van der Waals surface area contributed by atoms with Gasteiger partial charge < -0.3 is 5.73 Å². The van der Waals surface area contributed by atoms with Crippen LogP contribution in [0.4, 0.5) is 0 Å². The average Bonchev–Trinajstić information content (AvgIpc) is 2.81. The molecule has 100 valence electrons. The van der Waals surface area contributed by atoms with Crippen LogP contribution in [0.5, 0.6) is 0 Å². The zero-order chi connectivity index (χ0) is 13.3. The van der Waals surface area contributed by atoms with E-state index < -0.39 is 10.0 Å². The van der Waals surface area contributed by atoms with Gasteiger partial charge in [-0.1, -0.05) is 17.7 Å². The van der Waals surface area contributed by atoms with Crippen molar-refractivity contribution in [1.29, 1.82) is 0 Å². The number of hydrogen-bond donors (Lipinski definition) is 1. The molecule has 0 spiro atoms. The molecule has 1 saturated heterocycles. The Kier molecular flexibility index (Phi) is 3.96. The van der Waals surface area contributed by atoms with E-state index in [0.29, 0.717) is 23.7 Å². The van der Waals surface area contributed by atoms with Crippen molar-refractivity contribution in [3.63, 3.8) is 0 Å². The first kappa shape index (κ1) is 13.8. The highest BCUT2D eigenvalue weighted by molar-refractivity contribution is 7.89. The van der Waals surface area contributed by atoms with Crippen LogP contribution in [0.2, 0.25) is 5.02 Å². The molecule has 0 amide bonds. The van der Waals surface area contributed by atoms with Gasteiger partial charge in [-0.25, -0.2) is 8.42 Å². The summed E-state index contributed by atoms with van der Waals surface area (Å²) in [4.78, 5) is 0.287. The number of benzene rings is 1. The fourth-order valence-electron chi connectivity index (χ4n) is 2.34. The Morgan fingerprint density at radius 3 is 2.89 bits per heavy atom. The van der Waals surface area contributed by atoms with Gasteiger partial charge in [0, 0.05) is 24.2 Å². The zero-order valence-corrected chi connectivity index (χ0v) is 11.8. The number of rotatable bonds is 3. The van der Waals surface area contributed by atoms with Crippen molar-refractivity contribution in [2.24, 2.45) is 5.73 Å². The highest BCUT2D eigenvalue weighted by atomic mass is 35.5. The molecule has 0 aromatic heterocycles. The number of hydrogen-bond acceptors (Lipinski definition) is 3. The Hall–Kier alpha value is -0.620. The second-order valence-corrected chi connectivity index (χ2v) is 6.85. The molecule has 0 aliphatic carbocycles. The van der Waals surface area contributed by atoms with E-state index in [9.17, 15) is 8.42 Å². The molecule has 2 rings (SSSR count). The molecule has 1 aliphatic heterocycles. The summed E-state index contributed by atoms with van der Waals surface area (Å²) in [6.07, 6.45) is 1.69. The van der Waals surface area contributed by atoms with Crippen LogP contribution < -0.4 is 5.73 Å². The lowest BCUT2D eigenvalue weighted by molar-refractivity contribution is 0.393. The molecule has 1 aliphatic rings. The van der Waals surface area contributed by atoms with Crippen molar-refractivity contribution in [2.75, 3.05) is 13.1 Å². The van der Waals surface area contributed by atoms with Gasteiger partial charge in [-0.3, -0.25) is 0 Å². The Balaban J connectivity index is 2.45. The Bertz CT molecular complexity index is 545. The summed E-state index contributed by atoms with van der Waals surface area (Å²) in [6.45, 7) is 2.67. The van der Waals surface area contributed by atoms with Crippen LogP contribution in [0.15, 0.2) is 23.1 Å². The second kappa shape index (κ2) is 5.17. The van der Waals surface area contributed by atoms with E-state index in [4.69, 9.17) is 17.3 Å². The third kappa shape index (κ3) is 2.40. The molecule has 1 unspecified atom stereocenters. The average molecular weight is 289 g/mol. The minimum atomic E-state index is -3.48. The first-order valence-corrected chi connectivity index (χ1v) is 7.76. The molecule has 1 aromatic rings. The van der Waals surface area contributed by atoms with Crippen LogP contribution in [-0.2, 0) is 10.0 Å². The highest BCUT2D eigenvalue weighted by Crippen LogP contribution is 2.28. The van der Waals surface area contributed by atoms with Crippen LogP contribution in [0.3, 0.4) is 0 Å². The second-order valence-electron chi connectivity index (χ2n) is 4.56. The molecule has 2 N–H and O–H groups in total. The number of nitrogens with two attached hydrogens (primary N) is 1. The van der Waals surface area contributed by atoms with Crippen LogP contribution in [0.1, 0.15) is 18.4 Å². The first-order valence-electron chi connectivity index (χ1n) is 5.95. The van der Waals surface area contributed by atoms with Gasteiger partial charge in [0.1, 0.15) is 0 Å². The molecular formula is C12H17ClN2O2S. The topological polar surface area (TPSA) is 63.4 Å². The minimum absolute atomic E-state index is 0.0895. The monoisotopic (exact) mass is 288 g/mol. The van der Waals surface area contributed by atoms with Crippen LogP contribution in [0, 0.1) is 6.92 Å². The quantitative estimate of drug-likeness (QED) is 0.922. The van der Waals surface area contributed by atoms with Gasteiger partial charge in [0.25, 0.3) is 0 Å². The Morgan fingerprint density at radius 1 is 1.50 bits per heavy atom. The standard InChI is InChI=1S/C12H17ClN2O2S/c1-9-4-5-10(13)7-12(9)18(16,17)15-6-2-3-11(15)8-14/h4-5,7,11H,2-3,6,8,14H2,1H3. The molecule has 1 fully saturated rings. The molecule has 1 heterocycles. The van der Waals surface area contributed by atoms with Crippen LogP contribution in [0.25, 0.3) is 0 Å². The van der Waals surface area contributed by atoms with E-state index in [1.807, 2.05) is 0 Å². The van der Waals surface area contributed by atoms with Crippen LogP contribution in [-0.4, -0.2) is 31.9 Å². The Morgan fingerprint density at radius 2 is 2.22 bits per heavy atom. The van der Waals surface area contributed by atoms with Gasteiger partial charge in [0.05, 0.1) is 4.90 Å². The van der Waals surface area contributed by atoms with Gasteiger partial charge in [-0.15, -0.1) is 0 Å². The largest absolute Gasteiger partial charge is 0.329 e. The fourth-order valence-corrected chi connectivity index (χ4v) is 4.53. The third-order valence-corrected chi connectivity index (χ3v) is 5.66. The van der Waals surface area contributed by atoms with Crippen molar-refractivity contribution < 1.29 is 8.42 Å². The van der Waals surface area contributed by atoms with Crippen molar-refractivity contribution >= 4 is 21.6 Å². The zero-order valence-electron chi connectivity index (χ0n) is 10.3. The fraction of sp³-hybridized carbons (Fsp3) is 0.500. The SMILES string of the molecule is Cc1ccc(Cl)cc1S(=O)(=O)N1CCCC1CN. The smallest absolute Gasteiger partial charge is 0.243 e. The third-order valence-electron chi connectivity index (χ3n) is 3.33. The molecule has 0 radical (unpaired) electrons. The lowest BCUT2D eigenvalue weighted by Crippen LogP contribution is -2.40. The summed E-state index contributed by atoms with van der Waals surface area (Å²) in [5.74, 6) is 0. The lowest BCUT2D eigenvalue weighted by atomic mass is 10.2. The van der Waals surface area contributed by atoms with E-state index in [-0.39, 0.29) is 10.9 Å². The summed E-state index contributed by atoms with van der Waals surface area (Å²) < 4.78 is 26.7. The number of halogens is 1. The molecule has 6 heteroatoms. The van der Waals surface area contributed by atoms with Gasteiger partial charge in [-0.2, -0.15) is 4.31 Å². The Labute approximate surface area is 113 Å². The number of aryl methyl sites for hydroxylation is 1. The minimum Gasteiger partial charge on any atom is -0.329 e. The van der Waals surface area contributed by atoms with E-state index >= 15 is 0 Å². The van der Waals surface area contributed by atoms with E-state index in [2.05, 4.69) is 0 Å². The highest BCUT2D eigenvalue weighted by Gasteiger charge is 2.35. The van der Waals surface area contributed by atoms with Gasteiger partial charge in [0.15, 0.2) is 0 Å². The van der Waals surface area contributed by atoms with Gasteiger partial charge >= 0.3 is 0 Å². The normalized spacial score (nSPS) is 21.4. The van der Waals surface area contributed by atoms with Crippen LogP contribution >= 0.6 is 11.6 Å². The predicted molar refractivity (Wildman–Crippen MR) is 72.2 cm³/mol. The summed E-state index contributed by atoms with van der Waals surface area (Å²) in [5.41, 5.74) is 6.34. The molecule has 1 aromatic carbocycles. The molecule has 4 nitrogen and oxygen atoms in total. The van der Waals surface area contributed by atoms with Crippen molar-refractivity contribution in [3.8, 4) is 0 Å². The first-order chi connectivity index (χ1) is 8.46. The molecule has 0 saturated carbocycles. The predicted octanol–water partition coefficient (Wildman–Crippen LogP) is 1.76. The summed E-state index contributed by atoms with van der Waals surface area (Å²) in [5, 5.41) is 0.433. The van der Waals surface area contributed by atoms with Gasteiger partial charge in [0.2, 0.25) is 10.0 Å². The molecule has 18 heavy (non-hydrogen) atoms. The summed E-state index contributed by atoms with van der Waals surface area (Å²) in [6, 6.07) is 4.84. The van der Waals surface area contributed by atoms with E-state index in [1.165, 1.54) is 10.4 Å². The maximum Gasteiger partial charge on any atom is 0.243 e. The van der Waals surface area contributed by atoms with Gasteiger partial charge in [-0.05, 0) is 37.5 Å². The number of nitrogens with zero attached hydrogens (tertiary/aromatic N) is 1. The van der Waals surface area contributed by atoms with Crippen molar-refractivity contribution in [3.05, 3.63) is 28.8 Å². The summed E-state index contributed by atoms with van der Waals surface area (Å²) >= 11 is 5.89. The maximum atomic E-state index is 12.6.